The zero-order chi connectivity index (χ0) is 14.1. The Hall–Kier alpha value is -1.32. The molecule has 1 saturated heterocycles. The first-order chi connectivity index (χ1) is 9.63. The van der Waals surface area contributed by atoms with Crippen molar-refractivity contribution in [2.45, 2.75) is 39.5 Å². The smallest absolute Gasteiger partial charge is 0.0881 e. The van der Waals surface area contributed by atoms with E-state index in [-0.39, 0.29) is 0 Å². The normalized spacial score (nSPS) is 20.9. The molecule has 1 unspecified atom stereocenters. The molecule has 1 aromatic carbocycles. The van der Waals surface area contributed by atoms with Gasteiger partial charge in [0.25, 0.3) is 0 Å². The fraction of sp³-hybridized carbons (Fsp3) is 0.529. The number of fused-ring (bicyclic) bond motifs is 1. The van der Waals surface area contributed by atoms with E-state index in [4.69, 9.17) is 4.74 Å². The Morgan fingerprint density at radius 3 is 2.95 bits per heavy atom. The molecule has 1 aliphatic heterocycles. The second kappa shape index (κ2) is 5.58. The summed E-state index contributed by atoms with van der Waals surface area (Å²) in [5.41, 5.74) is 2.63. The van der Waals surface area contributed by atoms with Gasteiger partial charge in [0, 0.05) is 30.8 Å². The van der Waals surface area contributed by atoms with Gasteiger partial charge < -0.3 is 9.30 Å². The summed E-state index contributed by atoms with van der Waals surface area (Å²) in [5.74, 6) is 0. The summed E-state index contributed by atoms with van der Waals surface area (Å²) >= 11 is 0. The number of hydrogen-bond donors (Lipinski definition) is 0. The predicted molar refractivity (Wildman–Crippen MR) is 83.1 cm³/mol. The Morgan fingerprint density at radius 2 is 2.15 bits per heavy atom. The largest absolute Gasteiger partial charge is 0.374 e. The van der Waals surface area contributed by atoms with Gasteiger partial charge in [-0.05, 0) is 43.9 Å². The van der Waals surface area contributed by atoms with Crippen LogP contribution in [0.3, 0.4) is 0 Å². The van der Waals surface area contributed by atoms with E-state index in [0.29, 0.717) is 12.1 Å². The highest BCUT2D eigenvalue weighted by Crippen LogP contribution is 2.19. The van der Waals surface area contributed by atoms with Crippen LogP contribution in [-0.4, -0.2) is 41.3 Å². The second-order valence-corrected chi connectivity index (χ2v) is 6.11. The van der Waals surface area contributed by atoms with Crippen molar-refractivity contribution in [2.75, 3.05) is 19.7 Å². The van der Waals surface area contributed by atoms with Gasteiger partial charge in [-0.1, -0.05) is 12.1 Å². The van der Waals surface area contributed by atoms with E-state index >= 15 is 0 Å². The molecule has 0 spiro atoms. The average Bonchev–Trinajstić information content (AvgIpc) is 2.82. The van der Waals surface area contributed by atoms with Gasteiger partial charge in [-0.15, -0.1) is 0 Å². The summed E-state index contributed by atoms with van der Waals surface area (Å²) in [6.07, 6.45) is 2.48. The van der Waals surface area contributed by atoms with Crippen molar-refractivity contribution in [1.82, 2.24) is 9.47 Å². The summed E-state index contributed by atoms with van der Waals surface area (Å²) < 4.78 is 8.28. The first-order valence-electron chi connectivity index (χ1n) is 7.54. The highest BCUT2D eigenvalue weighted by Gasteiger charge is 2.22. The van der Waals surface area contributed by atoms with Crippen LogP contribution in [0.15, 0.2) is 30.5 Å². The van der Waals surface area contributed by atoms with Crippen molar-refractivity contribution >= 4 is 10.9 Å². The van der Waals surface area contributed by atoms with E-state index in [2.05, 4.69) is 60.7 Å². The number of aryl methyl sites for hydroxylation is 1. The molecule has 3 rings (SSSR count). The van der Waals surface area contributed by atoms with E-state index in [1.54, 1.807) is 0 Å². The monoisotopic (exact) mass is 272 g/mol. The molecule has 1 aliphatic rings. The van der Waals surface area contributed by atoms with Crippen molar-refractivity contribution in [3.05, 3.63) is 36.0 Å². The van der Waals surface area contributed by atoms with Crippen LogP contribution in [-0.2, 0) is 11.3 Å². The van der Waals surface area contributed by atoms with Crippen molar-refractivity contribution in [3.8, 4) is 0 Å². The summed E-state index contributed by atoms with van der Waals surface area (Å²) in [6.45, 7) is 10.5. The highest BCUT2D eigenvalue weighted by atomic mass is 16.5. The Kier molecular flexibility index (Phi) is 3.81. The Balaban J connectivity index is 1.77. The standard InChI is InChI=1S/C17H24N2O/c1-13(2)18-8-9-20-16(11-18)12-19-7-6-15-5-4-14(3)10-17(15)19/h4-7,10,13,16H,8-9,11-12H2,1-3H3. The molecular formula is C17H24N2O. The van der Waals surface area contributed by atoms with E-state index in [1.807, 2.05) is 0 Å². The van der Waals surface area contributed by atoms with Gasteiger partial charge in [0.1, 0.15) is 0 Å². The van der Waals surface area contributed by atoms with Gasteiger partial charge in [-0.25, -0.2) is 0 Å². The lowest BCUT2D eigenvalue weighted by Crippen LogP contribution is -2.47. The maximum absolute atomic E-state index is 5.95. The van der Waals surface area contributed by atoms with Crippen molar-refractivity contribution < 1.29 is 4.74 Å². The molecule has 3 nitrogen and oxygen atoms in total. The molecule has 108 valence electrons. The van der Waals surface area contributed by atoms with Crippen molar-refractivity contribution in [2.24, 2.45) is 0 Å². The van der Waals surface area contributed by atoms with E-state index < -0.39 is 0 Å². The zero-order valence-corrected chi connectivity index (χ0v) is 12.7. The number of ether oxygens (including phenoxy) is 1. The Bertz CT molecular complexity index is 588. The van der Waals surface area contributed by atoms with Crippen LogP contribution in [0.5, 0.6) is 0 Å². The minimum Gasteiger partial charge on any atom is -0.374 e. The number of benzene rings is 1. The minimum absolute atomic E-state index is 0.294. The summed E-state index contributed by atoms with van der Waals surface area (Å²) in [4.78, 5) is 2.51. The molecule has 2 aromatic rings. The Morgan fingerprint density at radius 1 is 1.30 bits per heavy atom. The van der Waals surface area contributed by atoms with Crippen LogP contribution in [0.4, 0.5) is 0 Å². The van der Waals surface area contributed by atoms with Crippen LogP contribution >= 0.6 is 0 Å². The minimum atomic E-state index is 0.294. The molecule has 0 amide bonds. The van der Waals surface area contributed by atoms with Gasteiger partial charge in [-0.2, -0.15) is 0 Å². The van der Waals surface area contributed by atoms with Gasteiger partial charge in [0.15, 0.2) is 0 Å². The lowest BCUT2D eigenvalue weighted by molar-refractivity contribution is -0.0451. The van der Waals surface area contributed by atoms with Crippen LogP contribution in [0.2, 0.25) is 0 Å². The third kappa shape index (κ3) is 2.74. The van der Waals surface area contributed by atoms with E-state index in [9.17, 15) is 0 Å². The number of aromatic nitrogens is 1. The van der Waals surface area contributed by atoms with Crippen LogP contribution < -0.4 is 0 Å². The van der Waals surface area contributed by atoms with Crippen molar-refractivity contribution in [1.29, 1.82) is 0 Å². The third-order valence-electron chi connectivity index (χ3n) is 4.23. The molecule has 0 radical (unpaired) electrons. The lowest BCUT2D eigenvalue weighted by atomic mass is 10.2. The summed E-state index contributed by atoms with van der Waals surface area (Å²) in [5, 5.41) is 1.31. The molecule has 2 heterocycles. The van der Waals surface area contributed by atoms with E-state index in [1.165, 1.54) is 16.5 Å². The van der Waals surface area contributed by atoms with Gasteiger partial charge in [-0.3, -0.25) is 4.90 Å². The zero-order valence-electron chi connectivity index (χ0n) is 12.7. The number of morpholine rings is 1. The molecule has 20 heavy (non-hydrogen) atoms. The molecule has 1 aromatic heterocycles. The quantitative estimate of drug-likeness (QED) is 0.854. The predicted octanol–water partition coefficient (Wildman–Crippen LogP) is 3.06. The second-order valence-electron chi connectivity index (χ2n) is 6.11. The molecule has 0 N–H and O–H groups in total. The fourth-order valence-corrected chi connectivity index (χ4v) is 2.99. The molecule has 1 fully saturated rings. The molecule has 0 bridgehead atoms. The fourth-order valence-electron chi connectivity index (χ4n) is 2.99. The summed E-state index contributed by atoms with van der Waals surface area (Å²) in [7, 11) is 0. The molecule has 0 aliphatic carbocycles. The Labute approximate surface area is 121 Å². The maximum atomic E-state index is 5.95. The first-order valence-corrected chi connectivity index (χ1v) is 7.54. The van der Waals surface area contributed by atoms with Crippen LogP contribution in [0, 0.1) is 6.92 Å². The van der Waals surface area contributed by atoms with Crippen LogP contribution in [0.1, 0.15) is 19.4 Å². The molecule has 3 heteroatoms. The van der Waals surface area contributed by atoms with E-state index in [0.717, 1.165) is 26.2 Å². The topological polar surface area (TPSA) is 17.4 Å². The maximum Gasteiger partial charge on any atom is 0.0881 e. The summed E-state index contributed by atoms with van der Waals surface area (Å²) in [6, 6.07) is 9.43. The molecule has 0 saturated carbocycles. The van der Waals surface area contributed by atoms with Gasteiger partial charge in [0.05, 0.1) is 19.3 Å². The number of hydrogen-bond acceptors (Lipinski definition) is 2. The molecular weight excluding hydrogens is 248 g/mol. The van der Waals surface area contributed by atoms with Crippen LogP contribution in [0.25, 0.3) is 10.9 Å². The molecule has 1 atom stereocenters. The first kappa shape index (κ1) is 13.7. The third-order valence-corrected chi connectivity index (χ3v) is 4.23. The highest BCUT2D eigenvalue weighted by molar-refractivity contribution is 5.80. The van der Waals surface area contributed by atoms with Gasteiger partial charge in [0.2, 0.25) is 0 Å². The van der Waals surface area contributed by atoms with Crippen molar-refractivity contribution in [3.63, 3.8) is 0 Å². The number of rotatable bonds is 3. The average molecular weight is 272 g/mol. The number of nitrogens with zero attached hydrogens (tertiary/aromatic N) is 2. The SMILES string of the molecule is Cc1ccc2ccn(CC3CN(C(C)C)CCO3)c2c1. The lowest BCUT2D eigenvalue weighted by Gasteiger charge is -2.35. The van der Waals surface area contributed by atoms with Gasteiger partial charge >= 0.3 is 0 Å².